The minimum absolute atomic E-state index is 0.0739. The molecule has 0 amide bonds. The zero-order chi connectivity index (χ0) is 71.8. The van der Waals surface area contributed by atoms with Gasteiger partial charge >= 0.3 is 39.5 Å². The van der Waals surface area contributed by atoms with Gasteiger partial charge in [-0.05, 0) is 148 Å². The third-order valence-electron chi connectivity index (χ3n) is 15.7. The van der Waals surface area contributed by atoms with E-state index in [-0.39, 0.29) is 25.7 Å². The summed E-state index contributed by atoms with van der Waals surface area (Å²) in [6.45, 7) is 4.60. The molecule has 0 aliphatic carbocycles. The number of unbranched alkanes of at least 4 members (excludes halogenated alkanes) is 27. The van der Waals surface area contributed by atoms with Crippen molar-refractivity contribution in [2.75, 3.05) is 39.6 Å². The van der Waals surface area contributed by atoms with Gasteiger partial charge in [0.1, 0.15) is 19.3 Å². The molecule has 0 spiro atoms. The van der Waals surface area contributed by atoms with E-state index in [0.717, 1.165) is 173 Å². The van der Waals surface area contributed by atoms with E-state index < -0.39 is 97.5 Å². The molecule has 19 heteroatoms. The molecule has 98 heavy (non-hydrogen) atoms. The third-order valence-corrected chi connectivity index (χ3v) is 17.6. The number of aliphatic hydroxyl groups is 1. The normalized spacial score (nSPS) is 14.6. The van der Waals surface area contributed by atoms with Gasteiger partial charge in [0.25, 0.3) is 0 Å². The van der Waals surface area contributed by atoms with Crippen LogP contribution in [0.2, 0.25) is 0 Å². The largest absolute Gasteiger partial charge is 0.472 e. The summed E-state index contributed by atoms with van der Waals surface area (Å²) in [7, 11) is -9.96. The first-order valence-corrected chi connectivity index (χ1v) is 41.1. The topological polar surface area (TPSA) is 237 Å². The molecule has 17 nitrogen and oxygen atoms in total. The molecule has 0 radical (unpaired) electrons. The molecule has 0 heterocycles. The highest BCUT2D eigenvalue weighted by atomic mass is 31.2. The van der Waals surface area contributed by atoms with Crippen LogP contribution >= 0.6 is 15.6 Å². The van der Waals surface area contributed by atoms with Crippen molar-refractivity contribution in [1.82, 2.24) is 0 Å². The molecule has 0 aromatic rings. The molecular formula is C79H136O17P2. The maximum absolute atomic E-state index is 13.1. The van der Waals surface area contributed by atoms with Gasteiger partial charge < -0.3 is 33.8 Å². The molecule has 5 unspecified atom stereocenters. The average molecular weight is 1420 g/mol. The Kier molecular flexibility index (Phi) is 68.0. The Bertz CT molecular complexity index is 2290. The molecule has 0 bridgehead atoms. The number of hydrogen-bond donors (Lipinski definition) is 3. The van der Waals surface area contributed by atoms with Crippen LogP contribution < -0.4 is 0 Å². The number of hydrogen-bond acceptors (Lipinski definition) is 15. The van der Waals surface area contributed by atoms with E-state index in [0.29, 0.717) is 25.7 Å². The first-order chi connectivity index (χ1) is 47.7. The van der Waals surface area contributed by atoms with Crippen molar-refractivity contribution < 1.29 is 80.2 Å². The van der Waals surface area contributed by atoms with Crippen molar-refractivity contribution in [3.05, 3.63) is 109 Å². The average Bonchev–Trinajstić information content (AvgIpc) is 1.94. The molecule has 0 aliphatic heterocycles. The third kappa shape index (κ3) is 70.2. The number of carbonyl (C=O) groups excluding carboxylic acids is 4. The van der Waals surface area contributed by atoms with Crippen molar-refractivity contribution in [2.45, 2.75) is 329 Å². The second kappa shape index (κ2) is 71.1. The number of aliphatic hydroxyl groups excluding tert-OH is 1. The van der Waals surface area contributed by atoms with Gasteiger partial charge in [0.15, 0.2) is 12.2 Å². The van der Waals surface area contributed by atoms with E-state index in [1.54, 1.807) is 0 Å². The molecule has 564 valence electrons. The standard InChI is InChI=1S/C79H136O17P2/c1-5-9-13-17-21-25-29-32-34-35-36-37-39-42-45-48-52-56-60-64-77(82)90-70-75(96-79(84)66-62-58-54-50-46-40-31-27-23-19-15-11-7-3)72-94-98(87,88)92-68-73(80)67-91-97(85,86)93-71-74(95-78(83)65-61-57-53-49-43-28-24-20-16-12-8-4)69-89-76(81)63-59-55-51-47-44-41-38-33-30-26-22-18-14-10-6-2/h10,14,20-22,24-27,31-34,36-38,44,47,73-75,80H,5-9,11-13,15-19,23,28-30,35,39-43,45-46,48-72H2,1-4H3,(H,85,86)(H,87,88)/b14-10-,24-20-,25-21-,26-22-,31-27-,34-32-,37-36-,38-33-,47-44-. The van der Waals surface area contributed by atoms with Gasteiger partial charge in [-0.3, -0.25) is 37.3 Å². The smallest absolute Gasteiger partial charge is 0.462 e. The van der Waals surface area contributed by atoms with Gasteiger partial charge in [-0.15, -0.1) is 0 Å². The second-order valence-electron chi connectivity index (χ2n) is 25.2. The molecule has 0 aromatic heterocycles. The molecule has 0 rings (SSSR count). The lowest BCUT2D eigenvalue weighted by Gasteiger charge is -2.21. The molecule has 0 aliphatic rings. The van der Waals surface area contributed by atoms with Crippen molar-refractivity contribution >= 4 is 39.5 Å². The summed E-state index contributed by atoms with van der Waals surface area (Å²) in [6.07, 6.45) is 75.2. The summed E-state index contributed by atoms with van der Waals surface area (Å²) in [5.41, 5.74) is 0. The van der Waals surface area contributed by atoms with Gasteiger partial charge in [0, 0.05) is 25.7 Å². The number of phosphoric ester groups is 2. The number of carbonyl (C=O) groups is 4. The Labute approximate surface area is 594 Å². The lowest BCUT2D eigenvalue weighted by atomic mass is 10.1. The number of rotatable bonds is 71. The van der Waals surface area contributed by atoms with Crippen LogP contribution in [0.1, 0.15) is 310 Å². The SMILES string of the molecule is CC/C=C\C/C=C\C/C=C\C/C=C\CCCCC(=O)OCC(COP(=O)(O)OCC(O)COP(=O)(O)OCC(COC(=O)CCCCCCCC/C=C\C/C=C\C/C=C\CCCCC)OC(=O)CCCCCCC/C=C\CCCCCC)OC(=O)CCCCCCC/C=C\CCCC. The Morgan fingerprint density at radius 1 is 0.296 bits per heavy atom. The second-order valence-corrected chi connectivity index (χ2v) is 28.1. The maximum Gasteiger partial charge on any atom is 0.472 e. The molecule has 0 saturated carbocycles. The van der Waals surface area contributed by atoms with E-state index in [1.165, 1.54) is 57.8 Å². The fourth-order valence-corrected chi connectivity index (χ4v) is 11.4. The molecule has 5 atom stereocenters. The van der Waals surface area contributed by atoms with Crippen LogP contribution in [0.15, 0.2) is 109 Å². The lowest BCUT2D eigenvalue weighted by Crippen LogP contribution is -2.30. The Morgan fingerprint density at radius 2 is 0.541 bits per heavy atom. The minimum atomic E-state index is -4.98. The molecule has 0 fully saturated rings. The van der Waals surface area contributed by atoms with Gasteiger partial charge in [-0.2, -0.15) is 0 Å². The van der Waals surface area contributed by atoms with Crippen molar-refractivity contribution in [1.29, 1.82) is 0 Å². The Morgan fingerprint density at radius 3 is 0.898 bits per heavy atom. The quantitative estimate of drug-likeness (QED) is 0.0169. The van der Waals surface area contributed by atoms with Crippen LogP contribution in [0.25, 0.3) is 0 Å². The first kappa shape index (κ1) is 93.7. The van der Waals surface area contributed by atoms with Crippen LogP contribution in [0.3, 0.4) is 0 Å². The van der Waals surface area contributed by atoms with Crippen molar-refractivity contribution in [3.8, 4) is 0 Å². The highest BCUT2D eigenvalue weighted by Gasteiger charge is 2.30. The number of ether oxygens (including phenoxy) is 4. The van der Waals surface area contributed by atoms with Gasteiger partial charge in [-0.1, -0.05) is 246 Å². The molecule has 3 N–H and O–H groups in total. The maximum atomic E-state index is 13.1. The fourth-order valence-electron chi connectivity index (χ4n) is 9.84. The van der Waals surface area contributed by atoms with Gasteiger partial charge in [0.05, 0.1) is 26.4 Å². The Balaban J connectivity index is 5.35. The summed E-state index contributed by atoms with van der Waals surface area (Å²) < 4.78 is 68.4. The predicted octanol–water partition coefficient (Wildman–Crippen LogP) is 21.8. The first-order valence-electron chi connectivity index (χ1n) is 38.1. The minimum Gasteiger partial charge on any atom is -0.462 e. The van der Waals surface area contributed by atoms with E-state index in [2.05, 4.69) is 137 Å². The lowest BCUT2D eigenvalue weighted by molar-refractivity contribution is -0.161. The zero-order valence-electron chi connectivity index (χ0n) is 61.4. The number of allylic oxidation sites excluding steroid dienone is 18. The van der Waals surface area contributed by atoms with Crippen LogP contribution in [-0.2, 0) is 65.4 Å². The zero-order valence-corrected chi connectivity index (χ0v) is 63.2. The summed E-state index contributed by atoms with van der Waals surface area (Å²) in [5.74, 6) is -2.25. The van der Waals surface area contributed by atoms with Crippen LogP contribution in [0.5, 0.6) is 0 Å². The summed E-state index contributed by atoms with van der Waals surface area (Å²) in [4.78, 5) is 72.8. The summed E-state index contributed by atoms with van der Waals surface area (Å²) in [6, 6.07) is 0. The van der Waals surface area contributed by atoms with E-state index in [4.69, 9.17) is 37.0 Å². The highest BCUT2D eigenvalue weighted by molar-refractivity contribution is 7.47. The van der Waals surface area contributed by atoms with E-state index >= 15 is 0 Å². The molecular weight excluding hydrogens is 1280 g/mol. The van der Waals surface area contributed by atoms with Crippen molar-refractivity contribution in [2.24, 2.45) is 0 Å². The van der Waals surface area contributed by atoms with Crippen molar-refractivity contribution in [3.63, 3.8) is 0 Å². The molecule has 0 aromatic carbocycles. The summed E-state index contributed by atoms with van der Waals surface area (Å²) in [5, 5.41) is 10.6. The van der Waals surface area contributed by atoms with Gasteiger partial charge in [0.2, 0.25) is 0 Å². The highest BCUT2D eigenvalue weighted by Crippen LogP contribution is 2.45. The predicted molar refractivity (Wildman–Crippen MR) is 399 cm³/mol. The Hall–Kier alpha value is -4.28. The number of phosphoric acid groups is 2. The van der Waals surface area contributed by atoms with Crippen LogP contribution in [0, 0.1) is 0 Å². The fraction of sp³-hybridized carbons (Fsp3) is 0.722. The van der Waals surface area contributed by atoms with Gasteiger partial charge in [-0.25, -0.2) is 9.13 Å². The number of esters is 4. The van der Waals surface area contributed by atoms with Crippen LogP contribution in [0.4, 0.5) is 0 Å². The summed E-state index contributed by atoms with van der Waals surface area (Å²) >= 11 is 0. The van der Waals surface area contributed by atoms with E-state index in [9.17, 15) is 43.2 Å². The van der Waals surface area contributed by atoms with Crippen LogP contribution in [-0.4, -0.2) is 96.7 Å². The monoisotopic (exact) mass is 1420 g/mol. The van der Waals surface area contributed by atoms with E-state index in [1.807, 2.05) is 0 Å². The molecule has 0 saturated heterocycles.